The smallest absolute Gasteiger partial charge is 0.138 e. The van der Waals surface area contributed by atoms with Gasteiger partial charge in [-0.2, -0.15) is 0 Å². The molecule has 0 bridgehead atoms. The van der Waals surface area contributed by atoms with Crippen LogP contribution < -0.4 is 10.2 Å². The number of rotatable bonds is 5. The van der Waals surface area contributed by atoms with Crippen molar-refractivity contribution in [2.45, 2.75) is 32.6 Å². The molecule has 0 atom stereocenters. The number of aromatic nitrogens is 2. The van der Waals surface area contributed by atoms with Gasteiger partial charge in [0.15, 0.2) is 0 Å². The van der Waals surface area contributed by atoms with Gasteiger partial charge in [-0.25, -0.2) is 9.97 Å². The molecule has 0 amide bonds. The summed E-state index contributed by atoms with van der Waals surface area (Å²) in [4.78, 5) is 11.5. The van der Waals surface area contributed by atoms with Crippen LogP contribution in [0.5, 0.6) is 0 Å². The number of anilines is 3. The highest BCUT2D eigenvalue weighted by molar-refractivity contribution is 5.62. The first-order valence-electron chi connectivity index (χ1n) is 7.60. The van der Waals surface area contributed by atoms with E-state index in [1.165, 1.54) is 18.4 Å². The Balaban J connectivity index is 1.93. The van der Waals surface area contributed by atoms with Gasteiger partial charge in [0.25, 0.3) is 0 Å². The van der Waals surface area contributed by atoms with E-state index in [-0.39, 0.29) is 0 Å². The molecule has 21 heavy (non-hydrogen) atoms. The number of hydrogen-bond donors (Lipinski definition) is 1. The van der Waals surface area contributed by atoms with Crippen LogP contribution in [0.3, 0.4) is 0 Å². The lowest BCUT2D eigenvalue weighted by Gasteiger charge is -2.20. The van der Waals surface area contributed by atoms with Gasteiger partial charge in [-0.1, -0.05) is 17.7 Å². The van der Waals surface area contributed by atoms with Crippen LogP contribution in [0.25, 0.3) is 0 Å². The fraction of sp³-hybridized carbons (Fsp3) is 0.412. The first-order valence-corrected chi connectivity index (χ1v) is 7.60. The van der Waals surface area contributed by atoms with Crippen molar-refractivity contribution < 1.29 is 0 Å². The quantitative estimate of drug-likeness (QED) is 0.904. The van der Waals surface area contributed by atoms with E-state index < -0.39 is 0 Å². The monoisotopic (exact) mass is 282 g/mol. The van der Waals surface area contributed by atoms with Gasteiger partial charge >= 0.3 is 0 Å². The first kappa shape index (κ1) is 13.9. The lowest BCUT2D eigenvalue weighted by atomic mass is 10.2. The van der Waals surface area contributed by atoms with E-state index in [4.69, 9.17) is 4.98 Å². The maximum atomic E-state index is 4.75. The molecule has 0 unspecified atom stereocenters. The molecule has 0 aliphatic heterocycles. The summed E-state index contributed by atoms with van der Waals surface area (Å²) in [5.74, 6) is 3.39. The molecule has 4 nitrogen and oxygen atoms in total. The highest BCUT2D eigenvalue weighted by Crippen LogP contribution is 2.39. The van der Waals surface area contributed by atoms with Crippen molar-refractivity contribution in [2.24, 2.45) is 0 Å². The van der Waals surface area contributed by atoms with E-state index in [1.807, 2.05) is 6.07 Å². The lowest BCUT2D eigenvalue weighted by Crippen LogP contribution is -2.14. The van der Waals surface area contributed by atoms with E-state index in [9.17, 15) is 0 Å². The molecule has 1 aromatic carbocycles. The van der Waals surface area contributed by atoms with Crippen molar-refractivity contribution in [3.8, 4) is 0 Å². The second kappa shape index (κ2) is 5.72. The van der Waals surface area contributed by atoms with E-state index in [1.54, 1.807) is 0 Å². The van der Waals surface area contributed by atoms with E-state index >= 15 is 0 Å². The largest absolute Gasteiger partial charge is 0.370 e. The topological polar surface area (TPSA) is 41.0 Å². The number of hydrogen-bond acceptors (Lipinski definition) is 4. The molecule has 4 heteroatoms. The van der Waals surface area contributed by atoms with Gasteiger partial charge in [0.1, 0.15) is 17.5 Å². The average molecular weight is 282 g/mol. The van der Waals surface area contributed by atoms with Gasteiger partial charge in [-0.3, -0.25) is 0 Å². The Morgan fingerprint density at radius 1 is 1.19 bits per heavy atom. The summed E-state index contributed by atoms with van der Waals surface area (Å²) in [5, 5.41) is 3.31. The zero-order valence-corrected chi connectivity index (χ0v) is 12.9. The molecule has 1 N–H and O–H groups in total. The highest BCUT2D eigenvalue weighted by Gasteiger charge is 2.27. The Bertz CT molecular complexity index is 617. The van der Waals surface area contributed by atoms with Gasteiger partial charge in [0.05, 0.1) is 0 Å². The number of nitrogens with one attached hydrogen (secondary N) is 1. The average Bonchev–Trinajstić information content (AvgIpc) is 3.32. The first-order chi connectivity index (χ1) is 10.2. The number of aryl methyl sites for hydroxylation is 1. The molecule has 0 saturated heterocycles. The summed E-state index contributed by atoms with van der Waals surface area (Å²) >= 11 is 0. The zero-order chi connectivity index (χ0) is 14.8. The molecule has 1 heterocycles. The van der Waals surface area contributed by atoms with Crippen molar-refractivity contribution in [1.29, 1.82) is 0 Å². The predicted octanol–water partition coefficient (Wildman–Crippen LogP) is 3.86. The maximum Gasteiger partial charge on any atom is 0.138 e. The fourth-order valence-electron chi connectivity index (χ4n) is 2.32. The minimum atomic E-state index is 0.550. The molecule has 0 radical (unpaired) electrons. The standard InChI is InChI=1S/C17H22N4/c1-4-18-15-11-16(20-17(19-15)13-7-8-13)21(3)14-9-5-12(2)6-10-14/h5-6,9-11,13H,4,7-8H2,1-3H3,(H,18,19,20). The van der Waals surface area contributed by atoms with Crippen LogP contribution >= 0.6 is 0 Å². The van der Waals surface area contributed by atoms with Crippen LogP contribution in [0, 0.1) is 6.92 Å². The Morgan fingerprint density at radius 2 is 1.90 bits per heavy atom. The van der Waals surface area contributed by atoms with Gasteiger partial charge in [-0.05, 0) is 38.8 Å². The van der Waals surface area contributed by atoms with Crippen LogP contribution in [-0.2, 0) is 0 Å². The summed E-state index contributed by atoms with van der Waals surface area (Å²) in [6.45, 7) is 5.06. The van der Waals surface area contributed by atoms with Crippen LogP contribution in [-0.4, -0.2) is 23.6 Å². The maximum absolute atomic E-state index is 4.75. The summed E-state index contributed by atoms with van der Waals surface area (Å²) in [6.07, 6.45) is 2.42. The minimum Gasteiger partial charge on any atom is -0.370 e. The third-order valence-corrected chi connectivity index (χ3v) is 3.80. The zero-order valence-electron chi connectivity index (χ0n) is 12.9. The van der Waals surface area contributed by atoms with Crippen molar-refractivity contribution in [2.75, 3.05) is 23.8 Å². The molecule has 1 saturated carbocycles. The summed E-state index contributed by atoms with van der Waals surface area (Å²) in [7, 11) is 2.05. The summed E-state index contributed by atoms with van der Waals surface area (Å²) < 4.78 is 0. The summed E-state index contributed by atoms with van der Waals surface area (Å²) in [5.41, 5.74) is 2.41. The highest BCUT2D eigenvalue weighted by atomic mass is 15.2. The molecule has 1 aliphatic rings. The molecule has 110 valence electrons. The van der Waals surface area contributed by atoms with Gasteiger partial charge in [-0.15, -0.1) is 0 Å². The fourth-order valence-corrected chi connectivity index (χ4v) is 2.32. The summed E-state index contributed by atoms with van der Waals surface area (Å²) in [6, 6.07) is 10.5. The lowest BCUT2D eigenvalue weighted by molar-refractivity contribution is 0.912. The van der Waals surface area contributed by atoms with Gasteiger partial charge < -0.3 is 10.2 Å². The predicted molar refractivity (Wildman–Crippen MR) is 87.4 cm³/mol. The molecule has 1 aliphatic carbocycles. The number of nitrogens with zero attached hydrogens (tertiary/aromatic N) is 3. The Morgan fingerprint density at radius 3 is 2.52 bits per heavy atom. The van der Waals surface area contributed by atoms with Gasteiger partial charge in [0, 0.05) is 31.3 Å². The SMILES string of the molecule is CCNc1cc(N(C)c2ccc(C)cc2)nc(C2CC2)n1. The van der Waals surface area contributed by atoms with E-state index in [0.717, 1.165) is 29.7 Å². The van der Waals surface area contributed by atoms with Crippen LogP contribution in [0.4, 0.5) is 17.3 Å². The Hall–Kier alpha value is -2.10. The normalized spacial score (nSPS) is 14.0. The molecule has 1 fully saturated rings. The minimum absolute atomic E-state index is 0.550. The van der Waals surface area contributed by atoms with Gasteiger partial charge in [0.2, 0.25) is 0 Å². The molecule has 0 spiro atoms. The van der Waals surface area contributed by atoms with Crippen LogP contribution in [0.1, 0.15) is 37.1 Å². The third-order valence-electron chi connectivity index (χ3n) is 3.80. The number of benzene rings is 1. The Labute approximate surface area is 126 Å². The molecule has 3 rings (SSSR count). The van der Waals surface area contributed by atoms with E-state index in [2.05, 4.69) is 60.4 Å². The van der Waals surface area contributed by atoms with E-state index in [0.29, 0.717) is 5.92 Å². The molecular weight excluding hydrogens is 260 g/mol. The van der Waals surface area contributed by atoms with Crippen molar-refractivity contribution in [1.82, 2.24) is 9.97 Å². The molecular formula is C17H22N4. The van der Waals surface area contributed by atoms with Crippen molar-refractivity contribution >= 4 is 17.3 Å². The second-order valence-electron chi connectivity index (χ2n) is 5.67. The third kappa shape index (κ3) is 3.15. The van der Waals surface area contributed by atoms with Crippen LogP contribution in [0.2, 0.25) is 0 Å². The van der Waals surface area contributed by atoms with Crippen LogP contribution in [0.15, 0.2) is 30.3 Å². The Kier molecular flexibility index (Phi) is 3.78. The molecule has 1 aromatic heterocycles. The van der Waals surface area contributed by atoms with Crippen molar-refractivity contribution in [3.05, 3.63) is 41.7 Å². The van der Waals surface area contributed by atoms with Crippen molar-refractivity contribution in [3.63, 3.8) is 0 Å². The molecule has 2 aromatic rings. The second-order valence-corrected chi connectivity index (χ2v) is 5.67.